The highest BCUT2D eigenvalue weighted by Crippen LogP contribution is 2.59. The molecule has 0 N–H and O–H groups in total. The third-order valence-electron chi connectivity index (χ3n) is 11.5. The summed E-state index contributed by atoms with van der Waals surface area (Å²) < 4.78 is 0. The molecule has 0 bridgehead atoms. The molecular weight excluding hydrogens is 636 g/mol. The molecule has 246 valence electrons. The smallest absolute Gasteiger partial charge is 0.0502 e. The van der Waals surface area contributed by atoms with Crippen LogP contribution in [0.3, 0.4) is 0 Å². The molecule has 3 heteroatoms. The van der Waals surface area contributed by atoms with E-state index >= 15 is 0 Å². The molecule has 0 radical (unpaired) electrons. The van der Waals surface area contributed by atoms with Crippen LogP contribution in [0.2, 0.25) is 0 Å². The van der Waals surface area contributed by atoms with Gasteiger partial charge in [0.25, 0.3) is 0 Å². The van der Waals surface area contributed by atoms with E-state index in [1.54, 1.807) is 0 Å². The fourth-order valence-electron chi connectivity index (χ4n) is 9.03. The van der Waals surface area contributed by atoms with E-state index in [9.17, 15) is 0 Å². The van der Waals surface area contributed by atoms with Crippen molar-refractivity contribution in [2.45, 2.75) is 38.5 Å². The summed E-state index contributed by atoms with van der Waals surface area (Å²) >= 11 is 0. The number of para-hydroxylation sites is 4. The maximum absolute atomic E-state index is 2.49. The lowest BCUT2D eigenvalue weighted by Crippen LogP contribution is -2.30. The van der Waals surface area contributed by atoms with Gasteiger partial charge in [-0.05, 0) is 92.9 Å². The van der Waals surface area contributed by atoms with E-state index in [-0.39, 0.29) is 10.8 Å². The monoisotopic (exact) mass is 674 g/mol. The summed E-state index contributed by atoms with van der Waals surface area (Å²) in [5.41, 5.74) is 12.7. The normalized spacial score (nSPS) is 15.6. The van der Waals surface area contributed by atoms with Crippen LogP contribution in [-0.2, 0) is 10.8 Å². The number of fused-ring (bicyclic) bond motifs is 7. The average molecular weight is 675 g/mol. The summed E-state index contributed by atoms with van der Waals surface area (Å²) in [6.45, 7) is 9.42. The van der Waals surface area contributed by atoms with Crippen molar-refractivity contribution >= 4 is 62.7 Å². The Bertz CT molecular complexity index is 2560. The highest BCUT2D eigenvalue weighted by molar-refractivity contribution is 7.67. The molecule has 0 aliphatic carbocycles. The van der Waals surface area contributed by atoms with Gasteiger partial charge in [-0.2, -0.15) is 0 Å². The first kappa shape index (κ1) is 30.3. The van der Waals surface area contributed by atoms with Gasteiger partial charge in [0.15, 0.2) is 0 Å². The molecular formula is C48H39N2P. The van der Waals surface area contributed by atoms with Crippen molar-refractivity contribution in [2.24, 2.45) is 0 Å². The Labute approximate surface area is 301 Å². The van der Waals surface area contributed by atoms with Gasteiger partial charge in [0, 0.05) is 32.4 Å². The summed E-state index contributed by atoms with van der Waals surface area (Å²) in [4.78, 5) is 4.98. The standard InChI is InChI=1S/C48H39N2P/c1-47(2)37-18-8-12-22-41(37)49(42-23-13-9-19-38(42)47)32-27-29-45-36(30-32)35-28-26-33(31-46(35)51(45)34-16-6-5-7-17-34)50-43-24-14-10-20-39(43)48(3,4)40-21-11-15-25-44(40)50/h5-31H,1-4H3. The molecule has 10 rings (SSSR count). The van der Waals surface area contributed by atoms with Gasteiger partial charge in [0.2, 0.25) is 0 Å². The van der Waals surface area contributed by atoms with Gasteiger partial charge in [-0.25, -0.2) is 0 Å². The topological polar surface area (TPSA) is 6.48 Å². The van der Waals surface area contributed by atoms with Crippen molar-refractivity contribution in [3.05, 3.63) is 186 Å². The van der Waals surface area contributed by atoms with Crippen LogP contribution in [0, 0.1) is 0 Å². The van der Waals surface area contributed by atoms with Crippen LogP contribution in [0.4, 0.5) is 34.1 Å². The van der Waals surface area contributed by atoms with E-state index in [0.29, 0.717) is 0 Å². The minimum atomic E-state index is -0.758. The maximum Gasteiger partial charge on any atom is 0.0502 e. The fraction of sp³-hybridized carbons (Fsp3) is 0.125. The molecule has 0 fully saturated rings. The number of hydrogen-bond donors (Lipinski definition) is 0. The van der Waals surface area contributed by atoms with Crippen LogP contribution < -0.4 is 9.80 Å². The zero-order valence-corrected chi connectivity index (χ0v) is 30.3. The predicted octanol–water partition coefficient (Wildman–Crippen LogP) is 14.2. The Balaban J connectivity index is 1.22. The fourth-order valence-corrected chi connectivity index (χ4v) is 11.7. The second-order valence-electron chi connectivity index (χ2n) is 15.1. The Morgan fingerprint density at radius 1 is 0.373 bits per heavy atom. The lowest BCUT2D eigenvalue weighted by molar-refractivity contribution is 0.632. The molecule has 2 nitrogen and oxygen atoms in total. The minimum absolute atomic E-state index is 0.0913. The van der Waals surface area contributed by atoms with Gasteiger partial charge in [-0.1, -0.05) is 144 Å². The molecule has 7 aromatic carbocycles. The van der Waals surface area contributed by atoms with Gasteiger partial charge in [0.05, 0.1) is 22.7 Å². The SMILES string of the molecule is CC1(C)c2ccccc2N(c2ccc3c(c2)c2ccc(N4c5ccccc5C(C)(C)c5ccccc54)cc2p3-c2ccccc2)c2ccccc21. The van der Waals surface area contributed by atoms with Crippen molar-refractivity contribution in [1.82, 2.24) is 0 Å². The van der Waals surface area contributed by atoms with Crippen molar-refractivity contribution in [1.29, 1.82) is 0 Å². The molecule has 0 saturated carbocycles. The third-order valence-corrected chi connectivity index (χ3v) is 14.1. The maximum atomic E-state index is 2.49. The second kappa shape index (κ2) is 11.0. The zero-order valence-electron chi connectivity index (χ0n) is 29.4. The van der Waals surface area contributed by atoms with Gasteiger partial charge < -0.3 is 9.80 Å². The number of rotatable bonds is 3. The Morgan fingerprint density at radius 3 is 1.27 bits per heavy atom. The lowest BCUT2D eigenvalue weighted by atomic mass is 9.73. The molecule has 0 saturated heterocycles. The molecule has 51 heavy (non-hydrogen) atoms. The quantitative estimate of drug-likeness (QED) is 0.184. The number of hydrogen-bond acceptors (Lipinski definition) is 2. The van der Waals surface area contributed by atoms with Crippen LogP contribution in [-0.4, -0.2) is 0 Å². The minimum Gasteiger partial charge on any atom is -0.310 e. The number of anilines is 6. The first-order chi connectivity index (χ1) is 24.8. The van der Waals surface area contributed by atoms with Crippen LogP contribution in [0.15, 0.2) is 164 Å². The molecule has 0 spiro atoms. The van der Waals surface area contributed by atoms with E-state index in [1.165, 1.54) is 82.7 Å². The average Bonchev–Trinajstić information content (AvgIpc) is 3.49. The summed E-state index contributed by atoms with van der Waals surface area (Å²) in [5.74, 6) is 0. The highest BCUT2D eigenvalue weighted by atomic mass is 31.1. The molecule has 1 atom stereocenters. The molecule has 1 aromatic heterocycles. The van der Waals surface area contributed by atoms with E-state index in [2.05, 4.69) is 201 Å². The molecule has 8 aromatic rings. The first-order valence-corrected chi connectivity index (χ1v) is 19.3. The van der Waals surface area contributed by atoms with Crippen molar-refractivity contribution < 1.29 is 0 Å². The molecule has 3 heterocycles. The van der Waals surface area contributed by atoms with Gasteiger partial charge >= 0.3 is 0 Å². The molecule has 1 unspecified atom stereocenters. The first-order valence-electron chi connectivity index (χ1n) is 18.0. The largest absolute Gasteiger partial charge is 0.310 e. The summed E-state index contributed by atoms with van der Waals surface area (Å²) in [5, 5.41) is 6.90. The molecule has 2 aliphatic heterocycles. The van der Waals surface area contributed by atoms with E-state index < -0.39 is 7.53 Å². The van der Waals surface area contributed by atoms with Gasteiger partial charge in [-0.3, -0.25) is 0 Å². The second-order valence-corrected chi connectivity index (χ2v) is 17.2. The van der Waals surface area contributed by atoms with Crippen molar-refractivity contribution in [3.63, 3.8) is 0 Å². The summed E-state index contributed by atoms with van der Waals surface area (Å²) in [6.07, 6.45) is 0. The number of benzene rings is 7. The third kappa shape index (κ3) is 4.30. The Kier molecular flexibility index (Phi) is 6.51. The van der Waals surface area contributed by atoms with E-state index in [0.717, 1.165) is 0 Å². The van der Waals surface area contributed by atoms with E-state index in [4.69, 9.17) is 0 Å². The zero-order chi connectivity index (χ0) is 34.5. The summed E-state index contributed by atoms with van der Waals surface area (Å²) in [6, 6.07) is 61.4. The number of nitrogens with zero attached hydrogens (tertiary/aromatic N) is 2. The predicted molar refractivity (Wildman–Crippen MR) is 219 cm³/mol. The highest BCUT2D eigenvalue weighted by Gasteiger charge is 2.38. The van der Waals surface area contributed by atoms with Gasteiger partial charge in [0.1, 0.15) is 0 Å². The van der Waals surface area contributed by atoms with E-state index in [1.807, 2.05) is 0 Å². The van der Waals surface area contributed by atoms with Crippen LogP contribution in [0.1, 0.15) is 49.9 Å². The Morgan fingerprint density at radius 2 is 0.784 bits per heavy atom. The van der Waals surface area contributed by atoms with Crippen LogP contribution >= 0.6 is 7.53 Å². The van der Waals surface area contributed by atoms with Crippen LogP contribution in [0.25, 0.3) is 26.3 Å². The van der Waals surface area contributed by atoms with Gasteiger partial charge in [-0.15, -0.1) is 0 Å². The Hall–Kier alpha value is -5.56. The summed E-state index contributed by atoms with van der Waals surface area (Å²) in [7, 11) is -0.758. The lowest BCUT2D eigenvalue weighted by Gasteiger charge is -2.42. The van der Waals surface area contributed by atoms with Crippen LogP contribution in [0.5, 0.6) is 0 Å². The molecule has 0 amide bonds. The molecule has 2 aliphatic rings. The van der Waals surface area contributed by atoms with Crippen molar-refractivity contribution in [2.75, 3.05) is 9.80 Å². The van der Waals surface area contributed by atoms with Crippen molar-refractivity contribution in [3.8, 4) is 5.30 Å².